The molecule has 1 aliphatic heterocycles. The van der Waals surface area contributed by atoms with Crippen molar-refractivity contribution in [3.8, 4) is 0 Å². The van der Waals surface area contributed by atoms with Gasteiger partial charge in [-0.25, -0.2) is 0 Å². The second kappa shape index (κ2) is 12.3. The molecule has 0 bridgehead atoms. The number of nitrogens with one attached hydrogen (secondary N) is 2. The Labute approximate surface area is 247 Å². The third-order valence-corrected chi connectivity index (χ3v) is 8.07. The first-order valence-corrected chi connectivity index (χ1v) is 15.7. The Morgan fingerprint density at radius 3 is 1.91 bits per heavy atom. The normalized spacial score (nSPS) is 14.1. The number of nitrogen functional groups attached to an aromatic ring is 1. The maximum atomic E-state index is 12.3. The van der Waals surface area contributed by atoms with E-state index in [1.165, 1.54) is 42.5 Å². The van der Waals surface area contributed by atoms with Crippen molar-refractivity contribution in [1.82, 2.24) is 15.0 Å². The lowest BCUT2D eigenvalue weighted by Gasteiger charge is -2.27. The molecule has 16 heteroatoms. The summed E-state index contributed by atoms with van der Waals surface area (Å²) < 4.78 is 73.3. The molecule has 0 amide bonds. The molecule has 1 fully saturated rings. The molecule has 43 heavy (non-hydrogen) atoms. The van der Waals surface area contributed by atoms with Crippen LogP contribution in [0.15, 0.2) is 76.5 Å². The first kappa shape index (κ1) is 29.9. The summed E-state index contributed by atoms with van der Waals surface area (Å²) in [5, 5.41) is 6.10. The van der Waals surface area contributed by atoms with Crippen LogP contribution >= 0.6 is 0 Å². The first-order valence-electron chi connectivity index (χ1n) is 12.8. The number of para-hydroxylation sites is 1. The number of morpholine rings is 1. The van der Waals surface area contributed by atoms with Crippen molar-refractivity contribution in [2.75, 3.05) is 47.6 Å². The number of nitrogens with zero attached hydrogens (tertiary/aromatic N) is 4. The Balaban J connectivity index is 1.49. The number of nitrogens with two attached hydrogens (primary N) is 1. The molecule has 4 aromatic rings. The van der Waals surface area contributed by atoms with E-state index in [9.17, 15) is 25.9 Å². The summed E-state index contributed by atoms with van der Waals surface area (Å²) in [6.07, 6.45) is 2.57. The minimum atomic E-state index is -4.74. The average molecular weight is 626 g/mol. The van der Waals surface area contributed by atoms with Crippen molar-refractivity contribution >= 4 is 67.3 Å². The van der Waals surface area contributed by atoms with E-state index in [1.54, 1.807) is 0 Å². The zero-order valence-electron chi connectivity index (χ0n) is 22.5. The van der Waals surface area contributed by atoms with Crippen LogP contribution in [0.2, 0.25) is 0 Å². The van der Waals surface area contributed by atoms with Gasteiger partial charge in [-0.3, -0.25) is 9.11 Å². The summed E-state index contributed by atoms with van der Waals surface area (Å²) >= 11 is 0. The van der Waals surface area contributed by atoms with Gasteiger partial charge in [-0.2, -0.15) is 31.8 Å². The summed E-state index contributed by atoms with van der Waals surface area (Å²) in [6, 6.07) is 17.2. The van der Waals surface area contributed by atoms with Crippen molar-refractivity contribution in [1.29, 1.82) is 0 Å². The fraction of sp³-hybridized carbons (Fsp3) is 0.148. The van der Waals surface area contributed by atoms with E-state index >= 15 is 0 Å². The standard InChI is InChI=1S/C27H27N7O7S2/c28-20-10-8-18(23(16-20)42(35,36)37)6-7-19-9-11-22(17-24(19)43(38,39)40)30-26-31-25(29-21-4-2-1-3-5-21)32-27(33-26)34-12-14-41-15-13-34/h1-11,16-17H,12-15,28H2,(H,35,36,37)(H,38,39,40)(H2,29,30,31,32,33)/b7-6+. The van der Waals surface area contributed by atoms with Gasteiger partial charge in [0.25, 0.3) is 20.2 Å². The van der Waals surface area contributed by atoms with Crippen molar-refractivity contribution in [2.45, 2.75) is 9.79 Å². The second-order valence-corrected chi connectivity index (χ2v) is 12.1. The number of rotatable bonds is 9. The molecule has 0 aliphatic carbocycles. The number of benzene rings is 3. The second-order valence-electron chi connectivity index (χ2n) is 9.33. The molecule has 0 saturated carbocycles. The van der Waals surface area contributed by atoms with E-state index in [4.69, 9.17) is 10.5 Å². The third-order valence-electron chi connectivity index (χ3n) is 6.25. The highest BCUT2D eigenvalue weighted by molar-refractivity contribution is 7.86. The molecular weight excluding hydrogens is 598 g/mol. The average Bonchev–Trinajstić information content (AvgIpc) is 2.97. The maximum Gasteiger partial charge on any atom is 0.295 e. The van der Waals surface area contributed by atoms with Gasteiger partial charge < -0.3 is 26.0 Å². The largest absolute Gasteiger partial charge is 0.399 e. The molecule has 0 spiro atoms. The Morgan fingerprint density at radius 1 is 0.744 bits per heavy atom. The van der Waals surface area contributed by atoms with Gasteiger partial charge in [0.05, 0.1) is 13.2 Å². The molecule has 14 nitrogen and oxygen atoms in total. The highest BCUT2D eigenvalue weighted by atomic mass is 32.2. The van der Waals surface area contributed by atoms with Crippen molar-refractivity contribution in [2.24, 2.45) is 0 Å². The van der Waals surface area contributed by atoms with Crippen LogP contribution in [0.3, 0.4) is 0 Å². The molecule has 0 radical (unpaired) electrons. The fourth-order valence-corrected chi connectivity index (χ4v) is 5.65. The van der Waals surface area contributed by atoms with E-state index in [0.29, 0.717) is 32.3 Å². The number of aromatic nitrogens is 3. The van der Waals surface area contributed by atoms with E-state index in [0.717, 1.165) is 11.8 Å². The fourth-order valence-electron chi connectivity index (χ4n) is 4.23. The highest BCUT2D eigenvalue weighted by Gasteiger charge is 2.20. The summed E-state index contributed by atoms with van der Waals surface area (Å²) in [4.78, 5) is 14.5. The minimum absolute atomic E-state index is 0.0437. The topological polar surface area (TPSA) is 210 Å². The zero-order chi connectivity index (χ0) is 30.6. The smallest absolute Gasteiger partial charge is 0.295 e. The van der Waals surface area contributed by atoms with E-state index in [2.05, 4.69) is 25.6 Å². The minimum Gasteiger partial charge on any atom is -0.399 e. The van der Waals surface area contributed by atoms with Gasteiger partial charge >= 0.3 is 0 Å². The van der Waals surface area contributed by atoms with Gasteiger partial charge in [-0.1, -0.05) is 42.5 Å². The third kappa shape index (κ3) is 7.62. The lowest BCUT2D eigenvalue weighted by Crippen LogP contribution is -2.37. The Hall–Kier alpha value is -4.61. The van der Waals surface area contributed by atoms with Crippen LogP contribution in [0.1, 0.15) is 11.1 Å². The summed E-state index contributed by atoms with van der Waals surface area (Å²) in [6.45, 7) is 2.14. The predicted octanol–water partition coefficient (Wildman–Crippen LogP) is 3.44. The lowest BCUT2D eigenvalue weighted by molar-refractivity contribution is 0.122. The molecular formula is C27H27N7O7S2. The van der Waals surface area contributed by atoms with Gasteiger partial charge in [0.1, 0.15) is 9.79 Å². The molecule has 5 rings (SSSR count). The van der Waals surface area contributed by atoms with Gasteiger partial charge in [-0.15, -0.1) is 0 Å². The number of hydrogen-bond acceptors (Lipinski definition) is 12. The number of ether oxygens (including phenoxy) is 1. The van der Waals surface area contributed by atoms with Crippen molar-refractivity contribution < 1.29 is 30.7 Å². The van der Waals surface area contributed by atoms with Crippen LogP contribution in [0, 0.1) is 0 Å². The highest BCUT2D eigenvalue weighted by Crippen LogP contribution is 2.27. The predicted molar refractivity (Wildman–Crippen MR) is 162 cm³/mol. The van der Waals surface area contributed by atoms with Gasteiger partial charge in [0, 0.05) is 30.2 Å². The van der Waals surface area contributed by atoms with Crippen LogP contribution in [-0.4, -0.2) is 67.2 Å². The Kier molecular flexibility index (Phi) is 8.56. The van der Waals surface area contributed by atoms with E-state index in [1.807, 2.05) is 35.2 Å². The van der Waals surface area contributed by atoms with Crippen LogP contribution < -0.4 is 21.3 Å². The molecule has 3 aromatic carbocycles. The van der Waals surface area contributed by atoms with Crippen molar-refractivity contribution in [3.05, 3.63) is 77.9 Å². The maximum absolute atomic E-state index is 12.3. The first-order chi connectivity index (χ1) is 20.5. The molecule has 6 N–H and O–H groups in total. The molecule has 224 valence electrons. The summed E-state index contributed by atoms with van der Waals surface area (Å²) in [7, 11) is -9.36. The van der Waals surface area contributed by atoms with Crippen LogP contribution in [0.25, 0.3) is 12.2 Å². The zero-order valence-corrected chi connectivity index (χ0v) is 24.1. The van der Waals surface area contributed by atoms with Crippen LogP contribution in [-0.2, 0) is 25.0 Å². The quantitative estimate of drug-likeness (QED) is 0.103. The lowest BCUT2D eigenvalue weighted by atomic mass is 10.1. The Bertz CT molecular complexity index is 1880. The summed E-state index contributed by atoms with van der Waals surface area (Å²) in [5.41, 5.74) is 6.84. The Morgan fingerprint density at radius 2 is 1.30 bits per heavy atom. The molecule has 1 aromatic heterocycles. The van der Waals surface area contributed by atoms with E-state index < -0.39 is 30.0 Å². The SMILES string of the molecule is Nc1ccc(/C=C/c2ccc(Nc3nc(Nc4ccccc4)nc(N4CCOCC4)n3)cc2S(=O)(=O)O)c(S(=O)(=O)O)c1. The molecule has 0 atom stereocenters. The number of anilines is 6. The summed E-state index contributed by atoms with van der Waals surface area (Å²) in [5.74, 6) is 0.740. The van der Waals surface area contributed by atoms with Crippen LogP contribution in [0.4, 0.5) is 34.9 Å². The van der Waals surface area contributed by atoms with Gasteiger partial charge in [0.2, 0.25) is 17.8 Å². The molecule has 0 unspecified atom stereocenters. The van der Waals surface area contributed by atoms with E-state index in [-0.39, 0.29) is 34.4 Å². The van der Waals surface area contributed by atoms with Gasteiger partial charge in [0.15, 0.2) is 0 Å². The van der Waals surface area contributed by atoms with Gasteiger partial charge in [-0.05, 0) is 47.5 Å². The van der Waals surface area contributed by atoms with Crippen LogP contribution in [0.5, 0.6) is 0 Å². The monoisotopic (exact) mass is 625 g/mol. The molecule has 1 saturated heterocycles. The molecule has 2 heterocycles. The molecule has 1 aliphatic rings. The number of hydrogen-bond donors (Lipinski definition) is 5. The van der Waals surface area contributed by atoms with Crippen molar-refractivity contribution in [3.63, 3.8) is 0 Å².